The van der Waals surface area contributed by atoms with Gasteiger partial charge in [-0.3, -0.25) is 0 Å². The fourth-order valence-corrected chi connectivity index (χ4v) is 0. The molecule has 0 heterocycles. The Labute approximate surface area is 146 Å². The molecule has 21 heavy (non-hydrogen) atoms. The Kier molecular flexibility index (Phi) is 45.4. The summed E-state index contributed by atoms with van der Waals surface area (Å²) >= 11 is 0. The van der Waals surface area contributed by atoms with Crippen molar-refractivity contribution in [3.05, 3.63) is 0 Å². The number of hydrogen-bond donors (Lipinski definition) is 0. The molecule has 0 amide bonds. The summed E-state index contributed by atoms with van der Waals surface area (Å²) in [5, 5.41) is 38.7. The van der Waals surface area contributed by atoms with Crippen molar-refractivity contribution in [3.8, 4) is 0 Å². The average molecular weight is 479 g/mol. The molecular formula is C12H28HfO8. The summed E-state index contributed by atoms with van der Waals surface area (Å²) in [5.41, 5.74) is 0. The van der Waals surface area contributed by atoms with E-state index in [0.717, 1.165) is 0 Å². The molecule has 128 valence electrons. The molecule has 0 aliphatic rings. The molecule has 0 fully saturated rings. The van der Waals surface area contributed by atoms with Crippen LogP contribution < -0.4 is 20.4 Å². The maximum atomic E-state index is 9.67. The van der Waals surface area contributed by atoms with Crippen LogP contribution in [0.3, 0.4) is 0 Å². The molecule has 0 aliphatic carbocycles. The zero-order valence-corrected chi connectivity index (χ0v) is 17.7. The molecule has 0 rings (SSSR count). The molecule has 8 nitrogen and oxygen atoms in total. The quantitative estimate of drug-likeness (QED) is 0.316. The smallest absolute Gasteiger partial charge is 0.831 e. The van der Waals surface area contributed by atoms with Crippen LogP contribution in [0.15, 0.2) is 0 Å². The first-order chi connectivity index (χ1) is 9.08. The van der Waals surface area contributed by atoms with Crippen LogP contribution in [0.5, 0.6) is 0 Å². The number of ether oxygens (including phenoxy) is 4. The first-order valence-electron chi connectivity index (χ1n) is 5.83. The van der Waals surface area contributed by atoms with Crippen molar-refractivity contribution >= 4 is 0 Å². The van der Waals surface area contributed by atoms with Crippen LogP contribution in [0, 0.1) is 0 Å². The second-order valence-corrected chi connectivity index (χ2v) is 3.21. The molecule has 0 bridgehead atoms. The topological polar surface area (TPSA) is 129 Å². The Balaban J connectivity index is -0.0000000533. The molecule has 0 aliphatic heterocycles. The second-order valence-electron chi connectivity index (χ2n) is 3.21. The molecule has 9 heteroatoms. The van der Waals surface area contributed by atoms with E-state index in [1.807, 2.05) is 0 Å². The third kappa shape index (κ3) is 96.7. The number of methoxy groups -OCH3 is 4. The van der Waals surface area contributed by atoms with Gasteiger partial charge in [0.05, 0.1) is 0 Å². The van der Waals surface area contributed by atoms with Crippen molar-refractivity contribution in [2.24, 2.45) is 0 Å². The minimum absolute atomic E-state index is 0. The SMILES string of the molecule is COC(C)[O-].COC(C)[O-].COC(C)[O-].COC(C)[O-].[Hf+4]. The van der Waals surface area contributed by atoms with Crippen LogP contribution in [0.2, 0.25) is 0 Å². The molecule has 0 spiro atoms. The maximum absolute atomic E-state index is 9.67. The minimum atomic E-state index is -0.866. The Morgan fingerprint density at radius 2 is 0.524 bits per heavy atom. The molecule has 0 N–H and O–H groups in total. The zero-order valence-electron chi connectivity index (χ0n) is 14.1. The standard InChI is InChI=1S/4C3H7O2.Hf/c4*1-3(4)5-2;/h4*3H,1-2H3;/q4*-1;+4. The second kappa shape index (κ2) is 28.7. The van der Waals surface area contributed by atoms with Crippen molar-refractivity contribution in [2.75, 3.05) is 28.4 Å². The van der Waals surface area contributed by atoms with E-state index in [-0.39, 0.29) is 25.8 Å². The molecular weight excluding hydrogens is 451 g/mol. The van der Waals surface area contributed by atoms with Gasteiger partial charge in [0.25, 0.3) is 0 Å². The zero-order chi connectivity index (χ0) is 17.1. The van der Waals surface area contributed by atoms with Gasteiger partial charge in [-0.2, -0.15) is 0 Å². The average Bonchev–Trinajstić information content (AvgIpc) is 2.40. The summed E-state index contributed by atoms with van der Waals surface area (Å²) in [6, 6.07) is 0. The van der Waals surface area contributed by atoms with Crippen molar-refractivity contribution in [1.82, 2.24) is 0 Å². The number of hydrogen-bond acceptors (Lipinski definition) is 8. The van der Waals surface area contributed by atoms with E-state index in [1.165, 1.54) is 56.1 Å². The van der Waals surface area contributed by atoms with Crippen LogP contribution in [-0.4, -0.2) is 53.6 Å². The van der Waals surface area contributed by atoms with E-state index in [2.05, 4.69) is 18.9 Å². The molecule has 0 aromatic rings. The van der Waals surface area contributed by atoms with Crippen LogP contribution in [0.1, 0.15) is 27.7 Å². The molecule has 0 aromatic heterocycles. The third-order valence-electron chi connectivity index (χ3n) is 1.33. The van der Waals surface area contributed by atoms with Gasteiger partial charge in [0, 0.05) is 28.4 Å². The Morgan fingerprint density at radius 3 is 0.524 bits per heavy atom. The maximum Gasteiger partial charge on any atom is 4.00 e. The fraction of sp³-hybridized carbons (Fsp3) is 1.00. The van der Waals surface area contributed by atoms with Gasteiger partial charge in [-0.25, -0.2) is 0 Å². The monoisotopic (exact) mass is 480 g/mol. The molecule has 0 radical (unpaired) electrons. The van der Waals surface area contributed by atoms with Gasteiger partial charge in [0.1, 0.15) is 0 Å². The summed E-state index contributed by atoms with van der Waals surface area (Å²) in [5.74, 6) is 0. The largest absolute Gasteiger partial charge is 4.00 e. The van der Waals surface area contributed by atoms with Crippen molar-refractivity contribution in [3.63, 3.8) is 0 Å². The van der Waals surface area contributed by atoms with E-state index >= 15 is 0 Å². The Bertz CT molecular complexity index is 113. The molecule has 4 atom stereocenters. The predicted molar refractivity (Wildman–Crippen MR) is 65.9 cm³/mol. The van der Waals surface area contributed by atoms with Gasteiger partial charge in [0.15, 0.2) is 0 Å². The van der Waals surface area contributed by atoms with E-state index < -0.39 is 25.2 Å². The van der Waals surface area contributed by atoms with Gasteiger partial charge in [0.2, 0.25) is 0 Å². The number of rotatable bonds is 4. The van der Waals surface area contributed by atoms with E-state index in [9.17, 15) is 20.4 Å². The molecule has 0 aromatic carbocycles. The van der Waals surface area contributed by atoms with E-state index in [4.69, 9.17) is 0 Å². The normalized spacial score (nSPS) is 14.3. The van der Waals surface area contributed by atoms with E-state index in [1.54, 1.807) is 0 Å². The summed E-state index contributed by atoms with van der Waals surface area (Å²) in [6.07, 6.45) is -3.46. The minimum Gasteiger partial charge on any atom is -0.831 e. The van der Waals surface area contributed by atoms with Crippen LogP contribution in [0.4, 0.5) is 0 Å². The summed E-state index contributed by atoms with van der Waals surface area (Å²) in [6.45, 7) is 5.78. The van der Waals surface area contributed by atoms with Crippen molar-refractivity contribution in [2.45, 2.75) is 52.9 Å². The summed E-state index contributed by atoms with van der Waals surface area (Å²) in [7, 11) is 5.55. The molecule has 4 unspecified atom stereocenters. The first-order valence-corrected chi connectivity index (χ1v) is 5.83. The molecule has 0 saturated heterocycles. The summed E-state index contributed by atoms with van der Waals surface area (Å²) < 4.78 is 16.8. The van der Waals surface area contributed by atoms with Crippen molar-refractivity contribution in [1.29, 1.82) is 0 Å². The van der Waals surface area contributed by atoms with Crippen LogP contribution in [0.25, 0.3) is 0 Å². The Hall–Kier alpha value is 0.550. The van der Waals surface area contributed by atoms with Crippen LogP contribution >= 0.6 is 0 Å². The third-order valence-corrected chi connectivity index (χ3v) is 1.33. The van der Waals surface area contributed by atoms with E-state index in [0.29, 0.717) is 0 Å². The predicted octanol–water partition coefficient (Wildman–Crippen LogP) is -2.65. The van der Waals surface area contributed by atoms with Crippen LogP contribution in [-0.2, 0) is 44.8 Å². The van der Waals surface area contributed by atoms with Crippen molar-refractivity contribution < 1.29 is 65.2 Å². The van der Waals surface area contributed by atoms with Gasteiger partial charge in [-0.15, -0.1) is 0 Å². The van der Waals surface area contributed by atoms with Gasteiger partial charge < -0.3 is 39.4 Å². The summed E-state index contributed by atoms with van der Waals surface area (Å²) in [4.78, 5) is 0. The van der Waals surface area contributed by atoms with Gasteiger partial charge >= 0.3 is 25.8 Å². The Morgan fingerprint density at radius 1 is 0.476 bits per heavy atom. The van der Waals surface area contributed by atoms with Gasteiger partial charge in [-0.1, -0.05) is 27.7 Å². The fourth-order valence-electron chi connectivity index (χ4n) is 0. The molecule has 0 saturated carbocycles. The van der Waals surface area contributed by atoms with Gasteiger partial charge in [-0.05, 0) is 25.2 Å². The first kappa shape index (κ1) is 33.2.